The van der Waals surface area contributed by atoms with Crippen LogP contribution < -0.4 is 0 Å². The van der Waals surface area contributed by atoms with Gasteiger partial charge in [0.05, 0.1) is 5.25 Å². The predicted octanol–water partition coefficient (Wildman–Crippen LogP) is 3.50. The van der Waals surface area contributed by atoms with E-state index in [-0.39, 0.29) is 23.5 Å². The van der Waals surface area contributed by atoms with Crippen LogP contribution in [-0.4, -0.2) is 50.8 Å². The number of amides is 2. The van der Waals surface area contributed by atoms with Crippen LogP contribution in [0.4, 0.5) is 0 Å². The number of hydrogen-bond acceptors (Lipinski definition) is 4. The lowest BCUT2D eigenvalue weighted by atomic mass is 10.1. The Morgan fingerprint density at radius 3 is 2.44 bits per heavy atom. The van der Waals surface area contributed by atoms with Gasteiger partial charge in [-0.3, -0.25) is 14.5 Å². The minimum atomic E-state index is -0.369. The first kappa shape index (κ1) is 19.9. The van der Waals surface area contributed by atoms with Gasteiger partial charge in [-0.2, -0.15) is 0 Å². The average Bonchev–Trinajstić information content (AvgIpc) is 2.87. The normalized spacial score (nSPS) is 17.2. The molecule has 25 heavy (non-hydrogen) atoms. The van der Waals surface area contributed by atoms with E-state index in [4.69, 9.17) is 12.2 Å². The Bertz CT molecular complexity index is 601. The summed E-state index contributed by atoms with van der Waals surface area (Å²) in [5.74, 6) is 0.0366. The maximum Gasteiger partial charge on any atom is 0.242 e. The second-order valence-electron chi connectivity index (χ2n) is 6.18. The summed E-state index contributed by atoms with van der Waals surface area (Å²) < 4.78 is 0.594. The molecule has 6 heteroatoms. The van der Waals surface area contributed by atoms with Crippen molar-refractivity contribution in [3.63, 3.8) is 0 Å². The Morgan fingerprint density at radius 1 is 1.20 bits per heavy atom. The molecular weight excluding hydrogens is 352 g/mol. The van der Waals surface area contributed by atoms with Crippen molar-refractivity contribution in [2.75, 3.05) is 19.6 Å². The van der Waals surface area contributed by atoms with Crippen molar-refractivity contribution in [1.29, 1.82) is 0 Å². The third-order valence-electron chi connectivity index (χ3n) is 4.17. The van der Waals surface area contributed by atoms with Crippen molar-refractivity contribution in [3.8, 4) is 0 Å². The van der Waals surface area contributed by atoms with Gasteiger partial charge in [0.25, 0.3) is 0 Å². The number of carbonyl (C=O) groups excluding carboxylic acids is 2. The number of carbonyl (C=O) groups is 2. The van der Waals surface area contributed by atoms with Crippen LogP contribution in [0.25, 0.3) is 0 Å². The Morgan fingerprint density at radius 2 is 1.84 bits per heavy atom. The lowest BCUT2D eigenvalue weighted by Gasteiger charge is -2.22. The van der Waals surface area contributed by atoms with Gasteiger partial charge >= 0.3 is 0 Å². The minimum Gasteiger partial charge on any atom is -0.343 e. The fourth-order valence-electron chi connectivity index (χ4n) is 2.90. The zero-order valence-electron chi connectivity index (χ0n) is 14.9. The van der Waals surface area contributed by atoms with E-state index in [2.05, 4.69) is 13.8 Å². The molecule has 0 bridgehead atoms. The molecule has 1 aliphatic rings. The first-order valence-electron chi connectivity index (χ1n) is 8.90. The number of nitrogens with zero attached hydrogens (tertiary/aromatic N) is 2. The summed E-state index contributed by atoms with van der Waals surface area (Å²) in [7, 11) is 0. The Hall–Kier alpha value is -1.40. The number of hydrogen-bond donors (Lipinski definition) is 0. The molecule has 1 heterocycles. The molecule has 136 valence electrons. The molecular formula is C19H26N2O2S2. The molecule has 0 spiro atoms. The lowest BCUT2D eigenvalue weighted by molar-refractivity contribution is -0.134. The van der Waals surface area contributed by atoms with Gasteiger partial charge < -0.3 is 4.90 Å². The van der Waals surface area contributed by atoms with Crippen LogP contribution in [-0.2, 0) is 16.0 Å². The number of benzene rings is 1. The number of rotatable bonds is 9. The first-order valence-corrected chi connectivity index (χ1v) is 10.2. The van der Waals surface area contributed by atoms with Crippen LogP contribution in [0.5, 0.6) is 0 Å². The first-order chi connectivity index (χ1) is 12.1. The van der Waals surface area contributed by atoms with E-state index in [1.165, 1.54) is 17.3 Å². The van der Waals surface area contributed by atoms with E-state index in [9.17, 15) is 9.59 Å². The van der Waals surface area contributed by atoms with Crippen molar-refractivity contribution < 1.29 is 9.59 Å². The highest BCUT2D eigenvalue weighted by Crippen LogP contribution is 2.30. The molecule has 1 aliphatic heterocycles. The molecule has 1 saturated heterocycles. The van der Waals surface area contributed by atoms with Gasteiger partial charge in [-0.15, -0.1) is 0 Å². The molecule has 0 saturated carbocycles. The fourth-order valence-corrected chi connectivity index (χ4v) is 4.44. The van der Waals surface area contributed by atoms with E-state index >= 15 is 0 Å². The quantitative estimate of drug-likeness (QED) is 0.617. The molecule has 1 unspecified atom stereocenters. The predicted molar refractivity (Wildman–Crippen MR) is 108 cm³/mol. The van der Waals surface area contributed by atoms with E-state index < -0.39 is 0 Å². The average molecular weight is 379 g/mol. The summed E-state index contributed by atoms with van der Waals surface area (Å²) >= 11 is 6.73. The van der Waals surface area contributed by atoms with Crippen molar-refractivity contribution in [1.82, 2.24) is 9.80 Å². The van der Waals surface area contributed by atoms with Gasteiger partial charge in [0.15, 0.2) is 0 Å². The van der Waals surface area contributed by atoms with Crippen molar-refractivity contribution in [2.45, 2.75) is 44.8 Å². The lowest BCUT2D eigenvalue weighted by Crippen LogP contribution is -2.37. The molecule has 1 atom stereocenters. The molecule has 1 fully saturated rings. The standard InChI is InChI=1S/C19H26N2O2S2/c1-3-11-20(12-4-2)17(22)14-16-18(23)21(19(24)25-16)13-10-15-8-6-5-7-9-15/h5-9,16H,3-4,10-14H2,1-2H3. The molecule has 0 radical (unpaired) electrons. The zero-order chi connectivity index (χ0) is 18.2. The highest BCUT2D eigenvalue weighted by Gasteiger charge is 2.38. The van der Waals surface area contributed by atoms with E-state index in [1.54, 1.807) is 4.90 Å². The van der Waals surface area contributed by atoms with Crippen LogP contribution in [0.15, 0.2) is 30.3 Å². The second kappa shape index (κ2) is 9.92. The molecule has 1 aromatic rings. The van der Waals surface area contributed by atoms with Crippen LogP contribution in [0.3, 0.4) is 0 Å². The summed E-state index contributed by atoms with van der Waals surface area (Å²) in [6.45, 7) is 6.20. The smallest absolute Gasteiger partial charge is 0.242 e. The minimum absolute atomic E-state index is 0.0211. The second-order valence-corrected chi connectivity index (χ2v) is 8.02. The van der Waals surface area contributed by atoms with Gasteiger partial charge in [-0.05, 0) is 24.8 Å². The van der Waals surface area contributed by atoms with Crippen LogP contribution in [0.2, 0.25) is 0 Å². The summed E-state index contributed by atoms with van der Waals surface area (Å²) in [5, 5.41) is -0.369. The van der Waals surface area contributed by atoms with Crippen molar-refractivity contribution >= 4 is 40.1 Å². The highest BCUT2D eigenvalue weighted by atomic mass is 32.2. The Balaban J connectivity index is 1.92. The molecule has 0 N–H and O–H groups in total. The third kappa shape index (κ3) is 5.54. The Labute approximate surface area is 159 Å². The van der Waals surface area contributed by atoms with Crippen molar-refractivity contribution in [2.24, 2.45) is 0 Å². The topological polar surface area (TPSA) is 40.6 Å². The summed E-state index contributed by atoms with van der Waals surface area (Å²) in [4.78, 5) is 28.7. The van der Waals surface area contributed by atoms with E-state index in [0.29, 0.717) is 10.9 Å². The van der Waals surface area contributed by atoms with Gasteiger partial charge in [-0.25, -0.2) is 0 Å². The summed E-state index contributed by atoms with van der Waals surface area (Å²) in [5.41, 5.74) is 1.18. The fraction of sp³-hybridized carbons (Fsp3) is 0.526. The maximum absolute atomic E-state index is 12.7. The molecule has 0 aliphatic carbocycles. The molecule has 0 aromatic heterocycles. The molecule has 2 rings (SSSR count). The molecule has 1 aromatic carbocycles. The van der Waals surface area contributed by atoms with Gasteiger partial charge in [-0.1, -0.05) is 68.2 Å². The zero-order valence-corrected chi connectivity index (χ0v) is 16.6. The van der Waals surface area contributed by atoms with E-state index in [0.717, 1.165) is 32.4 Å². The SMILES string of the molecule is CCCN(CCC)C(=O)CC1SC(=S)N(CCc2ccccc2)C1=O. The highest BCUT2D eigenvalue weighted by molar-refractivity contribution is 8.24. The Kier molecular flexibility index (Phi) is 7.90. The summed E-state index contributed by atoms with van der Waals surface area (Å²) in [6.07, 6.45) is 2.87. The monoisotopic (exact) mass is 378 g/mol. The van der Waals surface area contributed by atoms with Gasteiger partial charge in [0, 0.05) is 26.1 Å². The van der Waals surface area contributed by atoms with Crippen LogP contribution >= 0.6 is 24.0 Å². The van der Waals surface area contributed by atoms with Gasteiger partial charge in [0.2, 0.25) is 11.8 Å². The summed E-state index contributed by atoms with van der Waals surface area (Å²) in [6, 6.07) is 10.1. The third-order valence-corrected chi connectivity index (χ3v) is 5.76. The maximum atomic E-state index is 12.7. The van der Waals surface area contributed by atoms with Crippen LogP contribution in [0.1, 0.15) is 38.7 Å². The number of thioether (sulfide) groups is 1. The number of thiocarbonyl (C=S) groups is 1. The molecule has 4 nitrogen and oxygen atoms in total. The van der Waals surface area contributed by atoms with Crippen LogP contribution in [0, 0.1) is 0 Å². The van der Waals surface area contributed by atoms with Gasteiger partial charge in [0.1, 0.15) is 4.32 Å². The van der Waals surface area contributed by atoms with E-state index in [1.807, 2.05) is 35.2 Å². The van der Waals surface area contributed by atoms with Crippen molar-refractivity contribution in [3.05, 3.63) is 35.9 Å². The largest absolute Gasteiger partial charge is 0.343 e. The molecule has 2 amide bonds.